The minimum atomic E-state index is -0.600. The highest BCUT2D eigenvalue weighted by molar-refractivity contribution is 5.99. The molecule has 0 saturated heterocycles. The third kappa shape index (κ3) is 2.58. The van der Waals surface area contributed by atoms with E-state index in [-0.39, 0.29) is 5.91 Å². The summed E-state index contributed by atoms with van der Waals surface area (Å²) in [4.78, 5) is 22.5. The van der Waals surface area contributed by atoms with E-state index < -0.39 is 11.9 Å². The van der Waals surface area contributed by atoms with Crippen molar-refractivity contribution < 1.29 is 9.59 Å². The molecule has 1 atom stereocenters. The SMILES string of the molecule is Cc1c(NC(=O)C(C)N)cccc1C(N)=O. The van der Waals surface area contributed by atoms with Crippen LogP contribution in [0, 0.1) is 6.92 Å². The van der Waals surface area contributed by atoms with Crippen LogP contribution in [0.2, 0.25) is 0 Å². The highest BCUT2D eigenvalue weighted by atomic mass is 16.2. The summed E-state index contributed by atoms with van der Waals surface area (Å²) in [6.07, 6.45) is 0. The number of hydrogen-bond acceptors (Lipinski definition) is 3. The zero-order chi connectivity index (χ0) is 12.3. The van der Waals surface area contributed by atoms with Gasteiger partial charge in [-0.3, -0.25) is 9.59 Å². The molecule has 0 radical (unpaired) electrons. The summed E-state index contributed by atoms with van der Waals surface area (Å²) in [5, 5.41) is 2.63. The molecule has 0 bridgehead atoms. The van der Waals surface area contributed by atoms with E-state index >= 15 is 0 Å². The maximum atomic E-state index is 11.4. The van der Waals surface area contributed by atoms with Gasteiger partial charge in [0.25, 0.3) is 0 Å². The Bertz CT molecular complexity index is 427. The molecule has 1 aromatic carbocycles. The van der Waals surface area contributed by atoms with Crippen LogP contribution in [0.15, 0.2) is 18.2 Å². The van der Waals surface area contributed by atoms with Crippen LogP contribution in [0.1, 0.15) is 22.8 Å². The third-order valence-electron chi connectivity index (χ3n) is 2.27. The first kappa shape index (κ1) is 12.2. The molecule has 0 heterocycles. The number of nitrogens with two attached hydrogens (primary N) is 2. The van der Waals surface area contributed by atoms with E-state index in [0.717, 1.165) is 0 Å². The van der Waals surface area contributed by atoms with Crippen LogP contribution in [0.25, 0.3) is 0 Å². The molecule has 0 aliphatic rings. The van der Waals surface area contributed by atoms with E-state index in [1.165, 1.54) is 0 Å². The van der Waals surface area contributed by atoms with Crippen LogP contribution in [0.5, 0.6) is 0 Å². The molecule has 5 heteroatoms. The van der Waals surface area contributed by atoms with Gasteiger partial charge in [0.05, 0.1) is 6.04 Å². The Morgan fingerprint density at radius 3 is 2.50 bits per heavy atom. The van der Waals surface area contributed by atoms with Crippen molar-refractivity contribution >= 4 is 17.5 Å². The van der Waals surface area contributed by atoms with Gasteiger partial charge in [-0.1, -0.05) is 6.07 Å². The topological polar surface area (TPSA) is 98.2 Å². The minimum Gasteiger partial charge on any atom is -0.366 e. The van der Waals surface area contributed by atoms with Gasteiger partial charge < -0.3 is 16.8 Å². The van der Waals surface area contributed by atoms with Crippen molar-refractivity contribution in [1.82, 2.24) is 0 Å². The third-order valence-corrected chi connectivity index (χ3v) is 2.27. The van der Waals surface area contributed by atoms with E-state index in [1.807, 2.05) is 0 Å². The highest BCUT2D eigenvalue weighted by Gasteiger charge is 2.12. The van der Waals surface area contributed by atoms with Gasteiger partial charge in [-0.25, -0.2) is 0 Å². The summed E-state index contributed by atoms with van der Waals surface area (Å²) in [5.74, 6) is -0.820. The number of carbonyl (C=O) groups excluding carboxylic acids is 2. The normalized spacial score (nSPS) is 11.9. The second-order valence-electron chi connectivity index (χ2n) is 3.62. The Balaban J connectivity index is 3.02. The van der Waals surface area contributed by atoms with Crippen LogP contribution >= 0.6 is 0 Å². The lowest BCUT2D eigenvalue weighted by Gasteiger charge is -2.12. The standard InChI is InChI=1S/C11H15N3O2/c1-6-8(10(13)15)4-3-5-9(6)14-11(16)7(2)12/h3-5,7H,12H2,1-2H3,(H2,13,15)(H,14,16). The molecule has 0 saturated carbocycles. The molecule has 0 aromatic heterocycles. The van der Waals surface area contributed by atoms with E-state index in [9.17, 15) is 9.59 Å². The van der Waals surface area contributed by atoms with Crippen molar-refractivity contribution in [3.05, 3.63) is 29.3 Å². The Morgan fingerprint density at radius 1 is 1.38 bits per heavy atom. The number of hydrogen-bond donors (Lipinski definition) is 3. The molecule has 0 fully saturated rings. The lowest BCUT2D eigenvalue weighted by molar-refractivity contribution is -0.117. The highest BCUT2D eigenvalue weighted by Crippen LogP contribution is 2.18. The second-order valence-corrected chi connectivity index (χ2v) is 3.62. The summed E-state index contributed by atoms with van der Waals surface area (Å²) in [7, 11) is 0. The fraction of sp³-hybridized carbons (Fsp3) is 0.273. The largest absolute Gasteiger partial charge is 0.366 e. The van der Waals surface area contributed by atoms with Crippen LogP contribution in [-0.4, -0.2) is 17.9 Å². The summed E-state index contributed by atoms with van der Waals surface area (Å²) in [5.41, 5.74) is 12.2. The molecule has 2 amide bonds. The van der Waals surface area contributed by atoms with E-state index in [4.69, 9.17) is 11.5 Å². The Hall–Kier alpha value is -1.88. The first-order chi connectivity index (χ1) is 7.43. The van der Waals surface area contributed by atoms with Crippen LogP contribution in [0.4, 0.5) is 5.69 Å². The summed E-state index contributed by atoms with van der Waals surface area (Å²) in [6, 6.07) is 4.36. The molecule has 16 heavy (non-hydrogen) atoms. The summed E-state index contributed by atoms with van der Waals surface area (Å²) < 4.78 is 0. The molecule has 1 aromatic rings. The van der Waals surface area contributed by atoms with Crippen molar-refractivity contribution in [2.24, 2.45) is 11.5 Å². The van der Waals surface area contributed by atoms with Gasteiger partial charge in [-0.2, -0.15) is 0 Å². The molecular weight excluding hydrogens is 206 g/mol. The van der Waals surface area contributed by atoms with Gasteiger partial charge in [-0.15, -0.1) is 0 Å². The Labute approximate surface area is 93.8 Å². The quantitative estimate of drug-likeness (QED) is 0.688. The van der Waals surface area contributed by atoms with E-state index in [2.05, 4.69) is 5.32 Å². The fourth-order valence-electron chi connectivity index (χ4n) is 1.28. The molecule has 86 valence electrons. The van der Waals surface area contributed by atoms with Gasteiger partial charge in [0.15, 0.2) is 0 Å². The summed E-state index contributed by atoms with van der Waals surface area (Å²) in [6.45, 7) is 3.31. The maximum absolute atomic E-state index is 11.4. The zero-order valence-electron chi connectivity index (χ0n) is 9.28. The van der Waals surface area contributed by atoms with Crippen molar-refractivity contribution in [1.29, 1.82) is 0 Å². The lowest BCUT2D eigenvalue weighted by Crippen LogP contribution is -2.32. The number of amides is 2. The molecule has 0 aliphatic heterocycles. The van der Waals surface area contributed by atoms with Crippen molar-refractivity contribution in [2.45, 2.75) is 19.9 Å². The smallest absolute Gasteiger partial charge is 0.249 e. The Morgan fingerprint density at radius 2 is 2.00 bits per heavy atom. The first-order valence-electron chi connectivity index (χ1n) is 4.89. The number of carbonyl (C=O) groups is 2. The molecule has 0 aliphatic carbocycles. The van der Waals surface area contributed by atoms with Gasteiger partial charge in [0, 0.05) is 11.3 Å². The van der Waals surface area contributed by atoms with Gasteiger partial charge >= 0.3 is 0 Å². The molecule has 1 rings (SSSR count). The predicted octanol–water partition coefficient (Wildman–Crippen LogP) is 0.380. The second kappa shape index (κ2) is 4.76. The summed E-state index contributed by atoms with van der Waals surface area (Å²) >= 11 is 0. The van der Waals surface area contributed by atoms with Crippen LogP contribution < -0.4 is 16.8 Å². The van der Waals surface area contributed by atoms with Crippen molar-refractivity contribution in [2.75, 3.05) is 5.32 Å². The molecule has 5 N–H and O–H groups in total. The van der Waals surface area contributed by atoms with Crippen molar-refractivity contribution in [3.8, 4) is 0 Å². The monoisotopic (exact) mass is 221 g/mol. The molecular formula is C11H15N3O2. The minimum absolute atomic E-state index is 0.301. The number of nitrogens with one attached hydrogen (secondary N) is 1. The van der Waals surface area contributed by atoms with Crippen LogP contribution in [-0.2, 0) is 4.79 Å². The number of anilines is 1. The average Bonchev–Trinajstić information content (AvgIpc) is 2.20. The number of benzene rings is 1. The van der Waals surface area contributed by atoms with Crippen molar-refractivity contribution in [3.63, 3.8) is 0 Å². The zero-order valence-corrected chi connectivity index (χ0v) is 9.28. The number of rotatable bonds is 3. The predicted molar refractivity (Wildman–Crippen MR) is 62.0 cm³/mol. The number of primary amides is 1. The molecule has 5 nitrogen and oxygen atoms in total. The lowest BCUT2D eigenvalue weighted by atomic mass is 10.1. The van der Waals surface area contributed by atoms with Gasteiger partial charge in [-0.05, 0) is 31.5 Å². The van der Waals surface area contributed by atoms with Gasteiger partial charge in [0.1, 0.15) is 0 Å². The first-order valence-corrected chi connectivity index (χ1v) is 4.89. The van der Waals surface area contributed by atoms with E-state index in [1.54, 1.807) is 32.0 Å². The fourth-order valence-corrected chi connectivity index (χ4v) is 1.28. The Kier molecular flexibility index (Phi) is 3.63. The van der Waals surface area contributed by atoms with Gasteiger partial charge in [0.2, 0.25) is 11.8 Å². The molecule has 1 unspecified atom stereocenters. The van der Waals surface area contributed by atoms with Crippen LogP contribution in [0.3, 0.4) is 0 Å². The average molecular weight is 221 g/mol. The molecule has 0 spiro atoms. The van der Waals surface area contributed by atoms with E-state index in [0.29, 0.717) is 16.8 Å². The maximum Gasteiger partial charge on any atom is 0.249 e.